The third-order valence-electron chi connectivity index (χ3n) is 4.34. The fourth-order valence-electron chi connectivity index (χ4n) is 2.95. The van der Waals surface area contributed by atoms with Gasteiger partial charge in [0.2, 0.25) is 5.91 Å². The van der Waals surface area contributed by atoms with Gasteiger partial charge in [-0.25, -0.2) is 0 Å². The van der Waals surface area contributed by atoms with E-state index in [9.17, 15) is 9.59 Å². The Bertz CT molecular complexity index is 754. The summed E-state index contributed by atoms with van der Waals surface area (Å²) in [6.07, 6.45) is 1.17. The predicted octanol–water partition coefficient (Wildman–Crippen LogP) is 2.64. The zero-order valence-electron chi connectivity index (χ0n) is 14.5. The monoisotopic (exact) mass is 358 g/mol. The van der Waals surface area contributed by atoms with Crippen molar-refractivity contribution in [2.75, 3.05) is 20.2 Å². The van der Waals surface area contributed by atoms with Gasteiger partial charge in [0.1, 0.15) is 5.75 Å². The quantitative estimate of drug-likeness (QED) is 0.864. The third-order valence-corrected chi connectivity index (χ3v) is 5.34. The lowest BCUT2D eigenvalue weighted by molar-refractivity contribution is -0.127. The molecule has 1 saturated heterocycles. The van der Waals surface area contributed by atoms with Gasteiger partial charge in [0.15, 0.2) is 0 Å². The molecule has 2 heterocycles. The van der Waals surface area contributed by atoms with Gasteiger partial charge < -0.3 is 15.0 Å². The van der Waals surface area contributed by atoms with Crippen molar-refractivity contribution in [2.24, 2.45) is 0 Å². The molecule has 1 N–H and O–H groups in total. The van der Waals surface area contributed by atoms with Crippen LogP contribution in [0.1, 0.15) is 26.5 Å². The molecule has 0 bridgehead atoms. The van der Waals surface area contributed by atoms with Gasteiger partial charge in [0.25, 0.3) is 5.91 Å². The molecule has 0 radical (unpaired) electrons. The number of carbonyl (C=O) groups is 2. The van der Waals surface area contributed by atoms with E-state index in [0.717, 1.165) is 22.6 Å². The molecule has 1 aromatic carbocycles. The lowest BCUT2D eigenvalue weighted by Gasteiger charge is -2.17. The molecular formula is C19H22N2O3S. The normalized spacial score (nSPS) is 17.0. The van der Waals surface area contributed by atoms with Crippen molar-refractivity contribution < 1.29 is 14.3 Å². The van der Waals surface area contributed by atoms with Crippen molar-refractivity contribution in [1.82, 2.24) is 10.2 Å². The maximum absolute atomic E-state index is 12.2. The van der Waals surface area contributed by atoms with Crippen molar-refractivity contribution in [2.45, 2.75) is 25.8 Å². The zero-order valence-corrected chi connectivity index (χ0v) is 15.3. The van der Waals surface area contributed by atoms with Crippen molar-refractivity contribution >= 4 is 23.2 Å². The molecule has 1 aliphatic heterocycles. The van der Waals surface area contributed by atoms with Crippen molar-refractivity contribution in [3.05, 3.63) is 51.7 Å². The maximum atomic E-state index is 12.2. The van der Waals surface area contributed by atoms with Crippen LogP contribution in [-0.2, 0) is 11.2 Å². The Morgan fingerprint density at radius 1 is 1.28 bits per heavy atom. The summed E-state index contributed by atoms with van der Waals surface area (Å²) >= 11 is 1.47. The van der Waals surface area contributed by atoms with Crippen molar-refractivity contribution in [1.29, 1.82) is 0 Å². The molecule has 1 atom stereocenters. The van der Waals surface area contributed by atoms with Gasteiger partial charge >= 0.3 is 0 Å². The molecule has 5 nitrogen and oxygen atoms in total. The molecular weight excluding hydrogens is 336 g/mol. The number of ether oxygens (including phenoxy) is 1. The van der Waals surface area contributed by atoms with Gasteiger partial charge in [-0.15, -0.1) is 11.3 Å². The van der Waals surface area contributed by atoms with Gasteiger partial charge in [-0.05, 0) is 43.2 Å². The van der Waals surface area contributed by atoms with Crippen LogP contribution in [0.2, 0.25) is 0 Å². The molecule has 0 aliphatic carbocycles. The smallest absolute Gasteiger partial charge is 0.261 e. The molecule has 2 aromatic rings. The topological polar surface area (TPSA) is 58.6 Å². The maximum Gasteiger partial charge on any atom is 0.261 e. The summed E-state index contributed by atoms with van der Waals surface area (Å²) in [5, 5.41) is 2.97. The number of nitrogens with zero attached hydrogens (tertiary/aromatic N) is 1. The second-order valence-corrected chi connectivity index (χ2v) is 7.51. The number of methoxy groups -OCH3 is 1. The van der Waals surface area contributed by atoms with Crippen LogP contribution in [0, 0.1) is 6.92 Å². The fraction of sp³-hybridized carbons (Fsp3) is 0.368. The van der Waals surface area contributed by atoms with Crippen LogP contribution < -0.4 is 10.1 Å². The van der Waals surface area contributed by atoms with E-state index in [1.54, 1.807) is 7.11 Å². The number of rotatable bonds is 6. The van der Waals surface area contributed by atoms with Crippen LogP contribution in [0.15, 0.2) is 36.4 Å². The van der Waals surface area contributed by atoms with Gasteiger partial charge in [-0.2, -0.15) is 0 Å². The highest BCUT2D eigenvalue weighted by Gasteiger charge is 2.30. The van der Waals surface area contributed by atoms with E-state index >= 15 is 0 Å². The second-order valence-electron chi connectivity index (χ2n) is 6.22. The minimum absolute atomic E-state index is 0.0899. The van der Waals surface area contributed by atoms with Crippen LogP contribution >= 0.6 is 11.3 Å². The highest BCUT2D eigenvalue weighted by Crippen LogP contribution is 2.18. The van der Waals surface area contributed by atoms with Gasteiger partial charge in [0, 0.05) is 24.4 Å². The highest BCUT2D eigenvalue weighted by atomic mass is 32.1. The molecule has 1 aliphatic rings. The van der Waals surface area contributed by atoms with Crippen LogP contribution in [0.5, 0.6) is 5.75 Å². The summed E-state index contributed by atoms with van der Waals surface area (Å²) in [5.41, 5.74) is 1.16. The summed E-state index contributed by atoms with van der Waals surface area (Å²) in [6, 6.07) is 11.5. The third kappa shape index (κ3) is 4.39. The highest BCUT2D eigenvalue weighted by molar-refractivity contribution is 7.13. The SMILES string of the molecule is COc1ccc(CCN2CC(NC(=O)c3ccc(C)s3)CC2=O)cc1. The van der Waals surface area contributed by atoms with Crippen LogP contribution in [-0.4, -0.2) is 43.0 Å². The van der Waals surface area contributed by atoms with E-state index in [1.165, 1.54) is 11.3 Å². The Morgan fingerprint density at radius 3 is 2.68 bits per heavy atom. The molecule has 132 valence electrons. The summed E-state index contributed by atoms with van der Waals surface area (Å²) in [6.45, 7) is 3.21. The van der Waals surface area contributed by atoms with Gasteiger partial charge in [0.05, 0.1) is 18.0 Å². The Balaban J connectivity index is 1.50. The van der Waals surface area contributed by atoms with Gasteiger partial charge in [-0.3, -0.25) is 9.59 Å². The largest absolute Gasteiger partial charge is 0.497 e. The molecule has 2 amide bonds. The van der Waals surface area contributed by atoms with Gasteiger partial charge in [-0.1, -0.05) is 12.1 Å². The summed E-state index contributed by atoms with van der Waals surface area (Å²) in [5.74, 6) is 0.835. The van der Waals surface area contributed by atoms with E-state index in [0.29, 0.717) is 24.4 Å². The molecule has 0 saturated carbocycles. The van der Waals surface area contributed by atoms with Crippen LogP contribution in [0.4, 0.5) is 0 Å². The number of carbonyl (C=O) groups excluding carboxylic acids is 2. The van der Waals surface area contributed by atoms with E-state index < -0.39 is 0 Å². The number of likely N-dealkylation sites (tertiary alicyclic amines) is 1. The Labute approximate surface area is 151 Å². The fourth-order valence-corrected chi connectivity index (χ4v) is 3.72. The van der Waals surface area contributed by atoms with Crippen LogP contribution in [0.25, 0.3) is 0 Å². The molecule has 3 rings (SSSR count). The Hall–Kier alpha value is -2.34. The molecule has 0 spiro atoms. The van der Waals surface area contributed by atoms with Crippen molar-refractivity contribution in [3.8, 4) is 5.75 Å². The molecule has 6 heteroatoms. The van der Waals surface area contributed by atoms with Crippen molar-refractivity contribution in [3.63, 3.8) is 0 Å². The van der Waals surface area contributed by atoms with E-state index in [2.05, 4.69) is 5.32 Å². The summed E-state index contributed by atoms with van der Waals surface area (Å²) in [4.78, 5) is 28.0. The number of thiophene rings is 1. The second kappa shape index (κ2) is 7.70. The van der Waals surface area contributed by atoms with E-state index in [4.69, 9.17) is 4.74 Å². The Kier molecular flexibility index (Phi) is 5.38. The molecule has 1 aromatic heterocycles. The molecule has 1 fully saturated rings. The number of aryl methyl sites for hydroxylation is 1. The first-order chi connectivity index (χ1) is 12.0. The average Bonchev–Trinajstić information content (AvgIpc) is 3.19. The first-order valence-corrected chi connectivity index (χ1v) is 9.15. The average molecular weight is 358 g/mol. The minimum atomic E-state index is -0.113. The number of benzene rings is 1. The minimum Gasteiger partial charge on any atom is -0.497 e. The molecule has 25 heavy (non-hydrogen) atoms. The number of hydrogen-bond acceptors (Lipinski definition) is 4. The molecule has 1 unspecified atom stereocenters. The standard InChI is InChI=1S/C19H22N2O3S/c1-13-3-8-17(25-13)19(23)20-15-11-18(22)21(12-15)10-9-14-4-6-16(24-2)7-5-14/h3-8,15H,9-12H2,1-2H3,(H,20,23). The number of amides is 2. The van der Waals surface area contributed by atoms with E-state index in [-0.39, 0.29) is 17.9 Å². The number of nitrogens with one attached hydrogen (secondary N) is 1. The van der Waals surface area contributed by atoms with Crippen LogP contribution in [0.3, 0.4) is 0 Å². The zero-order chi connectivity index (χ0) is 17.8. The summed E-state index contributed by atoms with van der Waals surface area (Å²) < 4.78 is 5.15. The lowest BCUT2D eigenvalue weighted by Crippen LogP contribution is -2.37. The first-order valence-electron chi connectivity index (χ1n) is 8.33. The number of hydrogen-bond donors (Lipinski definition) is 1. The predicted molar refractivity (Wildman–Crippen MR) is 98.2 cm³/mol. The Morgan fingerprint density at radius 2 is 2.04 bits per heavy atom. The first kappa shape index (κ1) is 17.5. The lowest BCUT2D eigenvalue weighted by atomic mass is 10.1. The van der Waals surface area contributed by atoms with E-state index in [1.807, 2.05) is 48.2 Å². The summed E-state index contributed by atoms with van der Waals surface area (Å²) in [7, 11) is 1.64.